The Morgan fingerprint density at radius 2 is 1.91 bits per heavy atom. The molecule has 0 fully saturated rings. The molecule has 0 spiro atoms. The van der Waals surface area contributed by atoms with Crippen molar-refractivity contribution in [3.8, 4) is 11.5 Å². The van der Waals surface area contributed by atoms with Gasteiger partial charge in [0.25, 0.3) is 0 Å². The van der Waals surface area contributed by atoms with Crippen molar-refractivity contribution in [2.45, 2.75) is 39.2 Å². The third-order valence-electron chi connectivity index (χ3n) is 3.50. The van der Waals surface area contributed by atoms with Gasteiger partial charge >= 0.3 is 0 Å². The van der Waals surface area contributed by atoms with Crippen molar-refractivity contribution < 1.29 is 18.7 Å². The van der Waals surface area contributed by atoms with E-state index in [1.807, 2.05) is 32.9 Å². The maximum absolute atomic E-state index is 12.2. The lowest BCUT2D eigenvalue weighted by molar-refractivity contribution is -0.121. The number of nitrogens with one attached hydrogen (secondary N) is 1. The van der Waals surface area contributed by atoms with Gasteiger partial charge in [-0.05, 0) is 24.6 Å². The molecule has 7 nitrogen and oxygen atoms in total. The Balaban J connectivity index is 1.60. The van der Waals surface area contributed by atoms with E-state index in [4.69, 9.17) is 13.9 Å². The molecule has 2 heterocycles. The molecule has 7 heteroatoms. The molecule has 1 atom stereocenters. The summed E-state index contributed by atoms with van der Waals surface area (Å²) in [5.74, 6) is 2.38. The fourth-order valence-corrected chi connectivity index (χ4v) is 2.25. The summed E-state index contributed by atoms with van der Waals surface area (Å²) in [6.07, 6.45) is 0.242. The molecule has 0 unspecified atom stereocenters. The van der Waals surface area contributed by atoms with Gasteiger partial charge in [0.2, 0.25) is 24.5 Å². The zero-order valence-corrected chi connectivity index (χ0v) is 13.3. The van der Waals surface area contributed by atoms with Gasteiger partial charge in [0, 0.05) is 5.92 Å². The number of hydrogen-bond acceptors (Lipinski definition) is 6. The second-order valence-electron chi connectivity index (χ2n) is 5.79. The zero-order valence-electron chi connectivity index (χ0n) is 13.3. The van der Waals surface area contributed by atoms with Gasteiger partial charge in [-0.15, -0.1) is 10.2 Å². The summed E-state index contributed by atoms with van der Waals surface area (Å²) in [4.78, 5) is 12.2. The molecule has 1 N–H and O–H groups in total. The first-order valence-electron chi connectivity index (χ1n) is 7.54. The predicted molar refractivity (Wildman–Crippen MR) is 81.2 cm³/mol. The molecule has 2 aromatic rings. The van der Waals surface area contributed by atoms with Gasteiger partial charge in [-0.25, -0.2) is 0 Å². The van der Waals surface area contributed by atoms with Gasteiger partial charge < -0.3 is 19.2 Å². The second kappa shape index (κ2) is 6.28. The first kappa shape index (κ1) is 15.3. The number of ether oxygens (including phenoxy) is 2. The van der Waals surface area contributed by atoms with Crippen molar-refractivity contribution in [1.82, 2.24) is 15.5 Å². The summed E-state index contributed by atoms with van der Waals surface area (Å²) in [5.41, 5.74) is 0.854. The quantitative estimate of drug-likeness (QED) is 0.911. The summed E-state index contributed by atoms with van der Waals surface area (Å²) in [6, 6.07) is 5.13. The average Bonchev–Trinajstić information content (AvgIpc) is 3.15. The number of amides is 1. The van der Waals surface area contributed by atoms with Gasteiger partial charge in [0.1, 0.15) is 6.04 Å². The summed E-state index contributed by atoms with van der Waals surface area (Å²) >= 11 is 0. The van der Waals surface area contributed by atoms with Crippen LogP contribution in [0.25, 0.3) is 0 Å². The smallest absolute Gasteiger partial charge is 0.238 e. The number of aromatic nitrogens is 2. The number of carbonyl (C=O) groups excluding carboxylic acids is 1. The van der Waals surface area contributed by atoms with Crippen LogP contribution in [0, 0.1) is 0 Å². The predicted octanol–water partition coefficient (Wildman–Crippen LogP) is 2.34. The maximum Gasteiger partial charge on any atom is 0.238 e. The normalized spacial score (nSPS) is 14.1. The molecular formula is C16H19N3O4. The van der Waals surface area contributed by atoms with Crippen molar-refractivity contribution in [2.24, 2.45) is 0 Å². The van der Waals surface area contributed by atoms with E-state index in [2.05, 4.69) is 15.5 Å². The van der Waals surface area contributed by atoms with Crippen LogP contribution in [-0.4, -0.2) is 22.9 Å². The fraction of sp³-hybridized carbons (Fsp3) is 0.438. The van der Waals surface area contributed by atoms with E-state index in [-0.39, 0.29) is 31.1 Å². The molecule has 1 aromatic heterocycles. The largest absolute Gasteiger partial charge is 0.454 e. The highest BCUT2D eigenvalue weighted by Gasteiger charge is 2.19. The van der Waals surface area contributed by atoms with E-state index in [9.17, 15) is 4.79 Å². The third-order valence-corrected chi connectivity index (χ3v) is 3.50. The molecule has 1 aromatic carbocycles. The van der Waals surface area contributed by atoms with E-state index in [0.717, 1.165) is 5.56 Å². The number of nitrogens with zero attached hydrogens (tertiary/aromatic N) is 2. The topological polar surface area (TPSA) is 86.5 Å². The monoisotopic (exact) mass is 317 g/mol. The van der Waals surface area contributed by atoms with Gasteiger partial charge in [0.15, 0.2) is 11.5 Å². The van der Waals surface area contributed by atoms with Crippen molar-refractivity contribution in [3.05, 3.63) is 35.5 Å². The minimum atomic E-state index is -0.337. The molecule has 0 saturated carbocycles. The molecule has 0 saturated heterocycles. The van der Waals surface area contributed by atoms with Gasteiger partial charge in [-0.3, -0.25) is 4.79 Å². The van der Waals surface area contributed by atoms with Crippen LogP contribution in [-0.2, 0) is 11.2 Å². The summed E-state index contributed by atoms with van der Waals surface area (Å²) in [7, 11) is 0. The maximum atomic E-state index is 12.2. The molecule has 1 amide bonds. The second-order valence-corrected chi connectivity index (χ2v) is 5.79. The van der Waals surface area contributed by atoms with Crippen molar-refractivity contribution >= 4 is 5.91 Å². The number of benzene rings is 1. The summed E-state index contributed by atoms with van der Waals surface area (Å²) in [6.45, 7) is 5.98. The van der Waals surface area contributed by atoms with Crippen molar-refractivity contribution in [3.63, 3.8) is 0 Å². The van der Waals surface area contributed by atoms with Crippen LogP contribution >= 0.6 is 0 Å². The number of rotatable bonds is 5. The van der Waals surface area contributed by atoms with Gasteiger partial charge in [-0.2, -0.15) is 0 Å². The van der Waals surface area contributed by atoms with Crippen LogP contribution in [0.5, 0.6) is 11.5 Å². The molecule has 23 heavy (non-hydrogen) atoms. The van der Waals surface area contributed by atoms with Crippen molar-refractivity contribution in [1.29, 1.82) is 0 Å². The third kappa shape index (κ3) is 3.44. The highest BCUT2D eigenvalue weighted by molar-refractivity contribution is 5.79. The minimum Gasteiger partial charge on any atom is -0.454 e. The minimum absolute atomic E-state index is 0.124. The van der Waals surface area contributed by atoms with Crippen LogP contribution in [0.15, 0.2) is 22.6 Å². The van der Waals surface area contributed by atoms with Crippen LogP contribution in [0.1, 0.15) is 50.1 Å². The Kier molecular flexibility index (Phi) is 4.18. The molecule has 122 valence electrons. The molecule has 0 radical (unpaired) electrons. The lowest BCUT2D eigenvalue weighted by Crippen LogP contribution is -2.28. The first-order valence-corrected chi connectivity index (χ1v) is 7.54. The molecule has 0 bridgehead atoms. The Hall–Kier alpha value is -2.57. The van der Waals surface area contributed by atoms with Gasteiger partial charge in [0.05, 0.1) is 6.42 Å². The summed E-state index contributed by atoms with van der Waals surface area (Å²) < 4.78 is 16.1. The van der Waals surface area contributed by atoms with E-state index in [0.29, 0.717) is 23.3 Å². The number of carbonyl (C=O) groups is 1. The van der Waals surface area contributed by atoms with Crippen molar-refractivity contribution in [2.75, 3.05) is 6.79 Å². The zero-order chi connectivity index (χ0) is 16.4. The lowest BCUT2D eigenvalue weighted by atomic mass is 10.1. The Labute approximate surface area is 134 Å². The fourth-order valence-electron chi connectivity index (χ4n) is 2.25. The number of hydrogen-bond donors (Lipinski definition) is 1. The van der Waals surface area contributed by atoms with E-state index in [1.54, 1.807) is 6.07 Å². The average molecular weight is 317 g/mol. The van der Waals surface area contributed by atoms with Crippen LogP contribution < -0.4 is 14.8 Å². The van der Waals surface area contributed by atoms with Crippen LogP contribution in [0.2, 0.25) is 0 Å². The molecule has 3 rings (SSSR count). The van der Waals surface area contributed by atoms with E-state index >= 15 is 0 Å². The molecular weight excluding hydrogens is 298 g/mol. The lowest BCUT2D eigenvalue weighted by Gasteiger charge is -2.10. The van der Waals surface area contributed by atoms with Crippen LogP contribution in [0.4, 0.5) is 0 Å². The Morgan fingerprint density at radius 1 is 1.17 bits per heavy atom. The van der Waals surface area contributed by atoms with Crippen LogP contribution in [0.3, 0.4) is 0 Å². The van der Waals surface area contributed by atoms with E-state index < -0.39 is 0 Å². The first-order chi connectivity index (χ1) is 11.0. The number of fused-ring (bicyclic) bond motifs is 1. The van der Waals surface area contributed by atoms with Gasteiger partial charge in [-0.1, -0.05) is 19.9 Å². The molecule has 1 aliphatic heterocycles. The standard InChI is InChI=1S/C16H19N3O4/c1-9(2)15-18-19-16(23-15)10(3)17-14(20)7-11-4-5-12-13(6-11)22-8-21-12/h4-6,9-10H,7-8H2,1-3H3,(H,17,20)/t10-/m0/s1. The Morgan fingerprint density at radius 3 is 2.65 bits per heavy atom. The SMILES string of the molecule is CC(C)c1nnc([C@H](C)NC(=O)Cc2ccc3c(c2)OCO3)o1. The molecule has 1 aliphatic rings. The molecule has 0 aliphatic carbocycles. The Bertz CT molecular complexity index is 711. The summed E-state index contributed by atoms with van der Waals surface area (Å²) in [5, 5.41) is 10.8. The highest BCUT2D eigenvalue weighted by Crippen LogP contribution is 2.32. The highest BCUT2D eigenvalue weighted by atomic mass is 16.7. The van der Waals surface area contributed by atoms with E-state index in [1.165, 1.54) is 0 Å².